The third-order valence-electron chi connectivity index (χ3n) is 4.11. The van der Waals surface area contributed by atoms with Crippen LogP contribution in [-0.2, 0) is 0 Å². The SMILES string of the molecule is CCN1CCN(CCCOc2cccc(C#N)c2)CC1C. The van der Waals surface area contributed by atoms with E-state index in [1.807, 2.05) is 12.1 Å². The molecular weight excluding hydrogens is 262 g/mol. The van der Waals surface area contributed by atoms with E-state index in [-0.39, 0.29) is 0 Å². The third kappa shape index (κ3) is 4.73. The molecule has 0 amide bonds. The van der Waals surface area contributed by atoms with Gasteiger partial charge in [0.05, 0.1) is 18.2 Å². The van der Waals surface area contributed by atoms with Crippen LogP contribution in [0.2, 0.25) is 0 Å². The van der Waals surface area contributed by atoms with E-state index in [2.05, 4.69) is 29.7 Å². The average molecular weight is 287 g/mol. The first kappa shape index (κ1) is 15.8. The smallest absolute Gasteiger partial charge is 0.120 e. The van der Waals surface area contributed by atoms with Gasteiger partial charge in [-0.2, -0.15) is 5.26 Å². The lowest BCUT2D eigenvalue weighted by atomic mass is 10.2. The molecule has 0 bridgehead atoms. The first-order chi connectivity index (χ1) is 10.2. The number of benzene rings is 1. The van der Waals surface area contributed by atoms with Crippen LogP contribution in [0.4, 0.5) is 0 Å². The van der Waals surface area contributed by atoms with Gasteiger partial charge in [-0.15, -0.1) is 0 Å². The van der Waals surface area contributed by atoms with E-state index in [4.69, 9.17) is 10.00 Å². The summed E-state index contributed by atoms with van der Waals surface area (Å²) in [5.41, 5.74) is 0.650. The number of hydrogen-bond donors (Lipinski definition) is 0. The molecule has 1 atom stereocenters. The molecule has 1 aromatic rings. The Morgan fingerprint density at radius 3 is 2.95 bits per heavy atom. The van der Waals surface area contributed by atoms with Crippen molar-refractivity contribution in [2.24, 2.45) is 0 Å². The van der Waals surface area contributed by atoms with Crippen LogP contribution in [0.25, 0.3) is 0 Å². The Morgan fingerprint density at radius 2 is 2.24 bits per heavy atom. The maximum Gasteiger partial charge on any atom is 0.120 e. The molecule has 0 saturated carbocycles. The summed E-state index contributed by atoms with van der Waals surface area (Å²) in [5.74, 6) is 0.790. The highest BCUT2D eigenvalue weighted by molar-refractivity contribution is 5.36. The molecule has 1 saturated heterocycles. The summed E-state index contributed by atoms with van der Waals surface area (Å²) in [4.78, 5) is 5.05. The highest BCUT2D eigenvalue weighted by Crippen LogP contribution is 2.13. The molecule has 1 aliphatic heterocycles. The van der Waals surface area contributed by atoms with E-state index in [0.717, 1.165) is 38.3 Å². The fourth-order valence-corrected chi connectivity index (χ4v) is 2.88. The van der Waals surface area contributed by atoms with Crippen LogP contribution >= 0.6 is 0 Å². The number of likely N-dealkylation sites (N-methyl/N-ethyl adjacent to an activating group) is 1. The zero-order valence-corrected chi connectivity index (χ0v) is 13.1. The number of rotatable bonds is 6. The van der Waals surface area contributed by atoms with Crippen molar-refractivity contribution in [2.45, 2.75) is 26.3 Å². The molecule has 0 radical (unpaired) electrons. The minimum absolute atomic E-state index is 0.650. The lowest BCUT2D eigenvalue weighted by Crippen LogP contribution is -2.51. The Hall–Kier alpha value is -1.57. The van der Waals surface area contributed by atoms with E-state index < -0.39 is 0 Å². The fourth-order valence-electron chi connectivity index (χ4n) is 2.88. The Balaban J connectivity index is 1.67. The highest BCUT2D eigenvalue weighted by Gasteiger charge is 2.21. The topological polar surface area (TPSA) is 39.5 Å². The minimum atomic E-state index is 0.650. The van der Waals surface area contributed by atoms with Crippen molar-refractivity contribution in [1.82, 2.24) is 9.80 Å². The van der Waals surface area contributed by atoms with E-state index in [0.29, 0.717) is 18.2 Å². The van der Waals surface area contributed by atoms with Crippen LogP contribution in [0.1, 0.15) is 25.8 Å². The van der Waals surface area contributed by atoms with Gasteiger partial charge in [0.1, 0.15) is 5.75 Å². The Morgan fingerprint density at radius 1 is 1.38 bits per heavy atom. The molecule has 1 unspecified atom stereocenters. The summed E-state index contributed by atoms with van der Waals surface area (Å²) in [5, 5.41) is 8.85. The lowest BCUT2D eigenvalue weighted by molar-refractivity contribution is 0.0843. The summed E-state index contributed by atoms with van der Waals surface area (Å²) in [7, 11) is 0. The normalized spacial score (nSPS) is 20.1. The van der Waals surface area contributed by atoms with E-state index >= 15 is 0 Å². The molecule has 0 aromatic heterocycles. The number of piperazine rings is 1. The van der Waals surface area contributed by atoms with Crippen LogP contribution in [0.3, 0.4) is 0 Å². The van der Waals surface area contributed by atoms with Crippen molar-refractivity contribution in [2.75, 3.05) is 39.3 Å². The summed E-state index contributed by atoms with van der Waals surface area (Å²) in [6, 6.07) is 10.1. The molecule has 114 valence electrons. The average Bonchev–Trinajstić information content (AvgIpc) is 2.52. The molecule has 0 spiro atoms. The van der Waals surface area contributed by atoms with Crippen molar-refractivity contribution < 1.29 is 4.74 Å². The maximum atomic E-state index is 8.85. The molecule has 1 fully saturated rings. The monoisotopic (exact) mass is 287 g/mol. The van der Waals surface area contributed by atoms with Gasteiger partial charge in [-0.1, -0.05) is 13.0 Å². The second-order valence-corrected chi connectivity index (χ2v) is 5.62. The first-order valence-corrected chi connectivity index (χ1v) is 7.82. The number of ether oxygens (including phenoxy) is 1. The van der Waals surface area contributed by atoms with Gasteiger partial charge in [0, 0.05) is 32.2 Å². The minimum Gasteiger partial charge on any atom is -0.494 e. The zero-order valence-electron chi connectivity index (χ0n) is 13.1. The van der Waals surface area contributed by atoms with Gasteiger partial charge in [-0.25, -0.2) is 0 Å². The standard InChI is InChI=1S/C17H25N3O/c1-3-20-10-9-19(14-15(20)2)8-5-11-21-17-7-4-6-16(12-17)13-18/h4,6-7,12,15H,3,5,8-11,14H2,1-2H3. The van der Waals surface area contributed by atoms with Crippen LogP contribution in [0, 0.1) is 11.3 Å². The quantitative estimate of drug-likeness (QED) is 0.753. The Kier molecular flexibility index (Phi) is 6.04. The molecule has 1 aromatic carbocycles. The van der Waals surface area contributed by atoms with Crippen molar-refractivity contribution in [3.63, 3.8) is 0 Å². The van der Waals surface area contributed by atoms with Crippen molar-refractivity contribution >= 4 is 0 Å². The van der Waals surface area contributed by atoms with Gasteiger partial charge in [-0.3, -0.25) is 4.90 Å². The zero-order chi connectivity index (χ0) is 15.1. The molecule has 4 heteroatoms. The van der Waals surface area contributed by atoms with Crippen molar-refractivity contribution in [3.05, 3.63) is 29.8 Å². The summed E-state index contributed by atoms with van der Waals surface area (Å²) < 4.78 is 5.72. The molecule has 4 nitrogen and oxygen atoms in total. The van der Waals surface area contributed by atoms with Crippen LogP contribution in [-0.4, -0.2) is 55.2 Å². The van der Waals surface area contributed by atoms with Gasteiger partial charge in [0.2, 0.25) is 0 Å². The van der Waals surface area contributed by atoms with Gasteiger partial charge in [0.15, 0.2) is 0 Å². The Bertz CT molecular complexity index is 483. The predicted octanol–water partition coefficient (Wildman–Crippen LogP) is 2.35. The molecular formula is C17H25N3O. The van der Waals surface area contributed by atoms with Gasteiger partial charge >= 0.3 is 0 Å². The van der Waals surface area contributed by atoms with Crippen molar-refractivity contribution in [1.29, 1.82) is 5.26 Å². The van der Waals surface area contributed by atoms with Crippen molar-refractivity contribution in [3.8, 4) is 11.8 Å². The summed E-state index contributed by atoms with van der Waals surface area (Å²) >= 11 is 0. The lowest BCUT2D eigenvalue weighted by Gasteiger charge is -2.39. The molecule has 1 aliphatic rings. The van der Waals surface area contributed by atoms with E-state index in [9.17, 15) is 0 Å². The summed E-state index contributed by atoms with van der Waals surface area (Å²) in [6.07, 6.45) is 1.02. The second kappa shape index (κ2) is 8.02. The molecule has 0 N–H and O–H groups in total. The third-order valence-corrected chi connectivity index (χ3v) is 4.11. The number of hydrogen-bond acceptors (Lipinski definition) is 4. The fraction of sp³-hybridized carbons (Fsp3) is 0.588. The second-order valence-electron chi connectivity index (χ2n) is 5.62. The van der Waals surface area contributed by atoms with E-state index in [1.54, 1.807) is 12.1 Å². The Labute approximate surface area is 127 Å². The molecule has 21 heavy (non-hydrogen) atoms. The van der Waals surface area contributed by atoms with Crippen LogP contribution in [0.15, 0.2) is 24.3 Å². The maximum absolute atomic E-state index is 8.85. The predicted molar refractivity (Wildman–Crippen MR) is 84.4 cm³/mol. The van der Waals surface area contributed by atoms with Gasteiger partial charge in [0.25, 0.3) is 0 Å². The van der Waals surface area contributed by atoms with Crippen LogP contribution in [0.5, 0.6) is 5.75 Å². The largest absolute Gasteiger partial charge is 0.494 e. The highest BCUT2D eigenvalue weighted by atomic mass is 16.5. The summed E-state index contributed by atoms with van der Waals surface area (Å²) in [6.45, 7) is 10.9. The van der Waals surface area contributed by atoms with Gasteiger partial charge in [-0.05, 0) is 38.1 Å². The van der Waals surface area contributed by atoms with Gasteiger partial charge < -0.3 is 9.64 Å². The molecule has 2 rings (SSSR count). The van der Waals surface area contributed by atoms with E-state index in [1.165, 1.54) is 6.54 Å². The number of nitrogens with zero attached hydrogens (tertiary/aromatic N) is 3. The molecule has 1 heterocycles. The first-order valence-electron chi connectivity index (χ1n) is 7.82. The molecule has 0 aliphatic carbocycles. The number of nitriles is 1. The van der Waals surface area contributed by atoms with Crippen LogP contribution < -0.4 is 4.74 Å².